The molecule has 0 aliphatic heterocycles. The van der Waals surface area contributed by atoms with Crippen LogP contribution in [0.25, 0.3) is 11.1 Å². The highest BCUT2D eigenvalue weighted by Gasteiger charge is 2.24. The topological polar surface area (TPSA) is 0 Å². The Balaban J connectivity index is 2.29. The molecule has 0 amide bonds. The fraction of sp³-hybridized carbons (Fsp3) is 0.538. The van der Waals surface area contributed by atoms with Crippen LogP contribution in [0.3, 0.4) is 0 Å². The Kier molecular flexibility index (Phi) is 8.42. The molecule has 0 saturated heterocycles. The lowest BCUT2D eigenvalue weighted by molar-refractivity contribution is 0.447. The Morgan fingerprint density at radius 2 is 1.46 bits per heavy atom. The van der Waals surface area contributed by atoms with Gasteiger partial charge in [-0.15, -0.1) is 0 Å². The average Bonchev–Trinajstić information content (AvgIpc) is 2.66. The quantitative estimate of drug-likeness (QED) is 0.359. The molecule has 26 heavy (non-hydrogen) atoms. The highest BCUT2D eigenvalue weighted by atomic mass is 14.3. The van der Waals surface area contributed by atoms with E-state index in [2.05, 4.69) is 76.2 Å². The molecule has 0 fully saturated rings. The average molecular weight is 350 g/mol. The van der Waals surface area contributed by atoms with E-state index in [0.29, 0.717) is 0 Å². The minimum atomic E-state index is 0.209. The summed E-state index contributed by atoms with van der Waals surface area (Å²) in [5, 5.41) is 0. The number of hydrogen-bond donors (Lipinski definition) is 0. The third kappa shape index (κ3) is 5.73. The summed E-state index contributed by atoms with van der Waals surface area (Å²) in [6.07, 6.45) is 11.5. The van der Waals surface area contributed by atoms with Gasteiger partial charge in [0.1, 0.15) is 0 Å². The summed E-state index contributed by atoms with van der Waals surface area (Å²) in [6, 6.07) is 19.1. The van der Waals surface area contributed by atoms with Crippen molar-refractivity contribution in [2.75, 3.05) is 0 Å². The van der Waals surface area contributed by atoms with Gasteiger partial charge in [-0.25, -0.2) is 0 Å². The fourth-order valence-electron chi connectivity index (χ4n) is 3.92. The second-order valence-electron chi connectivity index (χ2n) is 8.26. The third-order valence-corrected chi connectivity index (χ3v) is 5.57. The van der Waals surface area contributed by atoms with Gasteiger partial charge in [-0.1, -0.05) is 109 Å². The van der Waals surface area contributed by atoms with Crippen LogP contribution >= 0.6 is 0 Å². The summed E-state index contributed by atoms with van der Waals surface area (Å²) in [7, 11) is 0. The molecule has 0 N–H and O–H groups in total. The van der Waals surface area contributed by atoms with Crippen molar-refractivity contribution in [3.63, 3.8) is 0 Å². The predicted molar refractivity (Wildman–Crippen MR) is 116 cm³/mol. The van der Waals surface area contributed by atoms with Gasteiger partial charge in [0.15, 0.2) is 0 Å². The third-order valence-electron chi connectivity index (χ3n) is 5.57. The first-order chi connectivity index (χ1) is 12.6. The van der Waals surface area contributed by atoms with Crippen molar-refractivity contribution in [3.05, 3.63) is 59.7 Å². The number of rotatable bonds is 11. The maximum Gasteiger partial charge on any atom is -0.00974 e. The van der Waals surface area contributed by atoms with Gasteiger partial charge in [-0.3, -0.25) is 0 Å². The van der Waals surface area contributed by atoms with Crippen LogP contribution in [-0.2, 0) is 11.8 Å². The van der Waals surface area contributed by atoms with E-state index in [1.807, 2.05) is 0 Å². The van der Waals surface area contributed by atoms with Crippen molar-refractivity contribution >= 4 is 0 Å². The second kappa shape index (κ2) is 10.6. The van der Waals surface area contributed by atoms with Crippen LogP contribution in [0, 0.1) is 6.07 Å². The molecule has 0 aliphatic rings. The summed E-state index contributed by atoms with van der Waals surface area (Å²) < 4.78 is 0. The van der Waals surface area contributed by atoms with Gasteiger partial charge in [0.05, 0.1) is 0 Å². The lowest BCUT2D eigenvalue weighted by atomic mass is 9.76. The predicted octanol–water partition coefficient (Wildman–Crippen LogP) is 8.13. The zero-order valence-corrected chi connectivity index (χ0v) is 17.4. The van der Waals surface area contributed by atoms with E-state index in [4.69, 9.17) is 0 Å². The maximum absolute atomic E-state index is 3.53. The van der Waals surface area contributed by atoms with Gasteiger partial charge >= 0.3 is 0 Å². The SMILES string of the molecule is CCCCCCC(C)(C)c1ccccc1-c1ccc[c]c1CCCCC. The minimum absolute atomic E-state index is 0.209. The van der Waals surface area contributed by atoms with Crippen LogP contribution in [0.5, 0.6) is 0 Å². The summed E-state index contributed by atoms with van der Waals surface area (Å²) >= 11 is 0. The van der Waals surface area contributed by atoms with Gasteiger partial charge in [-0.05, 0) is 53.0 Å². The van der Waals surface area contributed by atoms with E-state index in [0.717, 1.165) is 6.42 Å². The first-order valence-corrected chi connectivity index (χ1v) is 10.7. The number of benzene rings is 2. The van der Waals surface area contributed by atoms with Crippen molar-refractivity contribution in [2.45, 2.75) is 90.9 Å². The molecular weight excluding hydrogens is 312 g/mol. The molecule has 0 unspecified atom stereocenters. The molecule has 0 aliphatic carbocycles. The Morgan fingerprint density at radius 3 is 2.23 bits per heavy atom. The molecule has 0 aromatic heterocycles. The standard InChI is InChI=1S/C26H37/c1-5-7-9-15-21-26(3,4)25-20-14-13-19-24(25)23-18-12-11-17-22(23)16-10-8-6-2/h11-14,18-20H,5-10,15-16,21H2,1-4H3. The molecule has 0 nitrogen and oxygen atoms in total. The molecular formula is C26H37. The normalized spacial score (nSPS) is 11.7. The summed E-state index contributed by atoms with van der Waals surface area (Å²) in [5.74, 6) is 0. The van der Waals surface area contributed by atoms with E-state index in [9.17, 15) is 0 Å². The molecule has 2 rings (SSSR count). The fourth-order valence-corrected chi connectivity index (χ4v) is 3.92. The lowest BCUT2D eigenvalue weighted by Gasteiger charge is -2.29. The van der Waals surface area contributed by atoms with Crippen molar-refractivity contribution in [1.29, 1.82) is 0 Å². The van der Waals surface area contributed by atoms with Crippen molar-refractivity contribution < 1.29 is 0 Å². The van der Waals surface area contributed by atoms with Gasteiger partial charge < -0.3 is 0 Å². The monoisotopic (exact) mass is 349 g/mol. The number of unbranched alkanes of at least 4 members (excludes halogenated alkanes) is 5. The zero-order valence-electron chi connectivity index (χ0n) is 17.4. The van der Waals surface area contributed by atoms with E-state index >= 15 is 0 Å². The molecule has 0 spiro atoms. The number of aryl methyl sites for hydroxylation is 1. The van der Waals surface area contributed by atoms with Crippen molar-refractivity contribution in [1.82, 2.24) is 0 Å². The van der Waals surface area contributed by atoms with Crippen molar-refractivity contribution in [2.24, 2.45) is 0 Å². The van der Waals surface area contributed by atoms with Gasteiger partial charge in [0.25, 0.3) is 0 Å². The summed E-state index contributed by atoms with van der Waals surface area (Å²) in [5.41, 5.74) is 5.89. The van der Waals surface area contributed by atoms with Crippen LogP contribution < -0.4 is 0 Å². The van der Waals surface area contributed by atoms with Gasteiger partial charge in [0, 0.05) is 0 Å². The molecule has 0 atom stereocenters. The molecule has 141 valence electrons. The highest BCUT2D eigenvalue weighted by molar-refractivity contribution is 5.71. The number of hydrogen-bond acceptors (Lipinski definition) is 0. The second-order valence-corrected chi connectivity index (χ2v) is 8.26. The maximum atomic E-state index is 3.53. The van der Waals surface area contributed by atoms with E-state index in [-0.39, 0.29) is 5.41 Å². The van der Waals surface area contributed by atoms with Crippen LogP contribution in [0.15, 0.2) is 42.5 Å². The van der Waals surface area contributed by atoms with Crippen LogP contribution in [0.4, 0.5) is 0 Å². The first-order valence-electron chi connectivity index (χ1n) is 10.7. The molecule has 0 heterocycles. The first kappa shape index (κ1) is 20.7. The van der Waals surface area contributed by atoms with Crippen LogP contribution in [0.1, 0.15) is 90.2 Å². The minimum Gasteiger partial charge on any atom is -0.0654 e. The molecule has 2 aromatic rings. The Hall–Kier alpha value is -1.56. The van der Waals surface area contributed by atoms with Crippen LogP contribution in [0.2, 0.25) is 0 Å². The van der Waals surface area contributed by atoms with Gasteiger partial charge in [-0.2, -0.15) is 0 Å². The Bertz CT molecular complexity index is 651. The molecule has 0 heteroatoms. The van der Waals surface area contributed by atoms with Crippen molar-refractivity contribution in [3.8, 4) is 11.1 Å². The largest absolute Gasteiger partial charge is 0.0654 e. The highest BCUT2D eigenvalue weighted by Crippen LogP contribution is 2.38. The smallest absolute Gasteiger partial charge is 0.00974 e. The summed E-state index contributed by atoms with van der Waals surface area (Å²) in [6.45, 7) is 9.39. The van der Waals surface area contributed by atoms with Gasteiger partial charge in [0.2, 0.25) is 0 Å². The zero-order chi connectivity index (χ0) is 18.8. The lowest BCUT2D eigenvalue weighted by Crippen LogP contribution is -2.18. The molecule has 0 bridgehead atoms. The Labute approximate surface area is 162 Å². The molecule has 1 radical (unpaired) electrons. The van der Waals surface area contributed by atoms with E-state index in [1.165, 1.54) is 73.6 Å². The van der Waals surface area contributed by atoms with Crippen LogP contribution in [-0.4, -0.2) is 0 Å². The van der Waals surface area contributed by atoms with E-state index < -0.39 is 0 Å². The Morgan fingerprint density at radius 1 is 0.769 bits per heavy atom. The summed E-state index contributed by atoms with van der Waals surface area (Å²) in [4.78, 5) is 0. The molecule has 0 saturated carbocycles. The molecule has 2 aromatic carbocycles. The van der Waals surface area contributed by atoms with E-state index in [1.54, 1.807) is 0 Å².